The van der Waals surface area contributed by atoms with Gasteiger partial charge in [0, 0.05) is 36.1 Å². The summed E-state index contributed by atoms with van der Waals surface area (Å²) < 4.78 is 22.1. The molecular formula is C34H33FN6O4. The van der Waals surface area contributed by atoms with Gasteiger partial charge in [0.25, 0.3) is 11.8 Å². The first-order chi connectivity index (χ1) is 21.8. The van der Waals surface area contributed by atoms with Crippen LogP contribution in [-0.2, 0) is 6.42 Å². The van der Waals surface area contributed by atoms with Crippen molar-refractivity contribution in [2.75, 3.05) is 32.6 Å². The molecule has 0 spiro atoms. The average molecular weight is 609 g/mol. The molecule has 0 fully saturated rings. The SMILES string of the molecule is CN(C)CCCOc1ccc(-c2ccn3c(C(=O)Nc4cc(C(=O)NC5Cc6ccccc6C5O)ccc4F)cnc3c2)cn1. The number of pyridine rings is 2. The Kier molecular flexibility index (Phi) is 8.54. The second-order valence-electron chi connectivity index (χ2n) is 11.3. The van der Waals surface area contributed by atoms with Gasteiger partial charge in [-0.1, -0.05) is 24.3 Å². The summed E-state index contributed by atoms with van der Waals surface area (Å²) in [6, 6.07) is 18.1. The minimum atomic E-state index is -0.840. The van der Waals surface area contributed by atoms with Gasteiger partial charge < -0.3 is 25.4 Å². The molecule has 11 heteroatoms. The van der Waals surface area contributed by atoms with E-state index in [-0.39, 0.29) is 16.9 Å². The third kappa shape index (κ3) is 6.54. The molecule has 3 aromatic heterocycles. The van der Waals surface area contributed by atoms with Crippen molar-refractivity contribution >= 4 is 23.1 Å². The van der Waals surface area contributed by atoms with Crippen molar-refractivity contribution in [1.82, 2.24) is 24.6 Å². The lowest BCUT2D eigenvalue weighted by molar-refractivity contribution is 0.0858. The average Bonchev–Trinajstić information content (AvgIpc) is 3.61. The van der Waals surface area contributed by atoms with Crippen molar-refractivity contribution in [3.05, 3.63) is 114 Å². The summed E-state index contributed by atoms with van der Waals surface area (Å²) in [7, 11) is 4.04. The smallest absolute Gasteiger partial charge is 0.274 e. The fourth-order valence-corrected chi connectivity index (χ4v) is 5.43. The Bertz CT molecular complexity index is 1860. The maximum Gasteiger partial charge on any atom is 0.274 e. The number of fused-ring (bicyclic) bond motifs is 2. The highest BCUT2D eigenvalue weighted by Crippen LogP contribution is 2.31. The summed E-state index contributed by atoms with van der Waals surface area (Å²) >= 11 is 0. The van der Waals surface area contributed by atoms with E-state index < -0.39 is 29.8 Å². The van der Waals surface area contributed by atoms with Gasteiger partial charge in [0.2, 0.25) is 5.88 Å². The van der Waals surface area contributed by atoms with Crippen LogP contribution in [0.1, 0.15) is 44.5 Å². The van der Waals surface area contributed by atoms with E-state index in [0.717, 1.165) is 41.3 Å². The van der Waals surface area contributed by atoms with E-state index in [0.29, 0.717) is 24.6 Å². The lowest BCUT2D eigenvalue weighted by atomic mass is 10.1. The molecule has 0 bridgehead atoms. The molecule has 3 N–H and O–H groups in total. The van der Waals surface area contributed by atoms with Gasteiger partial charge in [-0.05, 0) is 80.0 Å². The van der Waals surface area contributed by atoms with E-state index in [1.54, 1.807) is 16.8 Å². The highest BCUT2D eigenvalue weighted by molar-refractivity contribution is 6.04. The Hall–Kier alpha value is -5.13. The van der Waals surface area contributed by atoms with Crippen molar-refractivity contribution in [2.24, 2.45) is 0 Å². The quantitative estimate of drug-likeness (QED) is 0.200. The number of hydrogen-bond donors (Lipinski definition) is 3. The van der Waals surface area contributed by atoms with Crippen LogP contribution >= 0.6 is 0 Å². The number of aliphatic hydroxyl groups excluding tert-OH is 1. The van der Waals surface area contributed by atoms with Crippen LogP contribution in [0, 0.1) is 5.82 Å². The molecule has 45 heavy (non-hydrogen) atoms. The molecule has 0 saturated carbocycles. The molecule has 6 rings (SSSR count). The second kappa shape index (κ2) is 12.8. The number of nitrogens with zero attached hydrogens (tertiary/aromatic N) is 4. The van der Waals surface area contributed by atoms with Crippen LogP contribution in [-0.4, -0.2) is 69.5 Å². The number of aliphatic hydroxyl groups is 1. The van der Waals surface area contributed by atoms with Crippen LogP contribution in [0.5, 0.6) is 5.88 Å². The van der Waals surface area contributed by atoms with Gasteiger partial charge >= 0.3 is 0 Å². The number of rotatable bonds is 10. The molecule has 0 radical (unpaired) electrons. The van der Waals surface area contributed by atoms with Gasteiger partial charge in [0.1, 0.15) is 17.2 Å². The number of imidazole rings is 1. The third-order valence-corrected chi connectivity index (χ3v) is 7.80. The molecule has 0 aliphatic heterocycles. The van der Waals surface area contributed by atoms with E-state index in [1.807, 2.05) is 62.6 Å². The summed E-state index contributed by atoms with van der Waals surface area (Å²) in [6.07, 6.45) is 5.39. The van der Waals surface area contributed by atoms with Gasteiger partial charge in [-0.2, -0.15) is 0 Å². The highest BCUT2D eigenvalue weighted by Gasteiger charge is 2.32. The molecule has 10 nitrogen and oxygen atoms in total. The minimum Gasteiger partial charge on any atom is -0.478 e. The molecule has 2 aromatic carbocycles. The van der Waals surface area contributed by atoms with Gasteiger partial charge in [-0.15, -0.1) is 0 Å². The Morgan fingerprint density at radius 3 is 2.64 bits per heavy atom. The largest absolute Gasteiger partial charge is 0.478 e. The number of amides is 2. The van der Waals surface area contributed by atoms with Crippen molar-refractivity contribution in [3.8, 4) is 17.0 Å². The van der Waals surface area contributed by atoms with Crippen LogP contribution in [0.4, 0.5) is 10.1 Å². The van der Waals surface area contributed by atoms with Gasteiger partial charge in [-0.25, -0.2) is 14.4 Å². The molecule has 2 unspecified atom stereocenters. The van der Waals surface area contributed by atoms with E-state index in [9.17, 15) is 19.1 Å². The van der Waals surface area contributed by atoms with Crippen LogP contribution in [0.25, 0.3) is 16.8 Å². The number of ether oxygens (including phenoxy) is 1. The summed E-state index contributed by atoms with van der Waals surface area (Å²) in [5.74, 6) is -1.22. The summed E-state index contributed by atoms with van der Waals surface area (Å²) in [5.41, 5.74) is 4.17. The Morgan fingerprint density at radius 2 is 1.87 bits per heavy atom. The molecule has 1 aliphatic rings. The van der Waals surface area contributed by atoms with Gasteiger partial charge in [0.05, 0.1) is 30.6 Å². The van der Waals surface area contributed by atoms with E-state index in [4.69, 9.17) is 4.74 Å². The molecule has 0 saturated heterocycles. The molecule has 230 valence electrons. The van der Waals surface area contributed by atoms with Crippen LogP contribution in [0.3, 0.4) is 0 Å². The predicted molar refractivity (Wildman–Crippen MR) is 168 cm³/mol. The number of aromatic nitrogens is 3. The number of benzene rings is 2. The maximum atomic E-state index is 14.8. The Labute approximate surface area is 259 Å². The topological polar surface area (TPSA) is 121 Å². The van der Waals surface area contributed by atoms with Crippen molar-refractivity contribution in [2.45, 2.75) is 25.0 Å². The van der Waals surface area contributed by atoms with Crippen molar-refractivity contribution in [1.29, 1.82) is 0 Å². The van der Waals surface area contributed by atoms with E-state index in [2.05, 4.69) is 25.5 Å². The Morgan fingerprint density at radius 1 is 1.02 bits per heavy atom. The number of halogens is 1. The normalized spacial score (nSPS) is 15.7. The van der Waals surface area contributed by atoms with Crippen LogP contribution < -0.4 is 15.4 Å². The summed E-state index contributed by atoms with van der Waals surface area (Å²) in [6.45, 7) is 1.51. The number of carbonyl (C=O) groups is 2. The highest BCUT2D eigenvalue weighted by atomic mass is 19.1. The molecule has 2 amide bonds. The zero-order valence-corrected chi connectivity index (χ0v) is 24.9. The number of nitrogens with one attached hydrogen (secondary N) is 2. The number of anilines is 1. The first-order valence-corrected chi connectivity index (χ1v) is 14.7. The molecule has 3 heterocycles. The summed E-state index contributed by atoms with van der Waals surface area (Å²) in [5, 5.41) is 16.0. The molecule has 5 aromatic rings. The third-order valence-electron chi connectivity index (χ3n) is 7.80. The number of carbonyl (C=O) groups excluding carboxylic acids is 2. The zero-order valence-electron chi connectivity index (χ0n) is 24.9. The van der Waals surface area contributed by atoms with Crippen LogP contribution in [0.15, 0.2) is 85.3 Å². The molecular weight excluding hydrogens is 575 g/mol. The molecule has 2 atom stereocenters. The van der Waals surface area contributed by atoms with Gasteiger partial charge in [-0.3, -0.25) is 14.0 Å². The van der Waals surface area contributed by atoms with E-state index in [1.165, 1.54) is 18.3 Å². The fraction of sp³-hybridized carbons (Fsp3) is 0.235. The van der Waals surface area contributed by atoms with E-state index >= 15 is 0 Å². The van der Waals surface area contributed by atoms with Crippen molar-refractivity contribution < 1.29 is 23.8 Å². The number of hydrogen-bond acceptors (Lipinski definition) is 7. The second-order valence-corrected chi connectivity index (χ2v) is 11.3. The standard InChI is InChI=1S/C34H33FN6O4/c1-40(2)13-5-15-45-31-11-9-24(19-37-31)21-12-14-41-29(20-36-30(41)18-21)34(44)38-27-17-23(8-10-26(27)35)33(43)39-28-16-22-6-3-4-7-25(22)32(28)42/h3-4,6-12,14,17-20,28,32,42H,5,13,15-16H2,1-2H3,(H,38,44)(H,39,43). The fourth-order valence-electron chi connectivity index (χ4n) is 5.43. The van der Waals surface area contributed by atoms with Crippen LogP contribution in [0.2, 0.25) is 0 Å². The first kappa shape index (κ1) is 29.9. The van der Waals surface area contributed by atoms with Crippen molar-refractivity contribution in [3.63, 3.8) is 0 Å². The lowest BCUT2D eigenvalue weighted by Crippen LogP contribution is -2.37. The lowest BCUT2D eigenvalue weighted by Gasteiger charge is -2.17. The summed E-state index contributed by atoms with van der Waals surface area (Å²) in [4.78, 5) is 37.1. The monoisotopic (exact) mass is 608 g/mol. The predicted octanol–water partition coefficient (Wildman–Crippen LogP) is 4.51. The zero-order chi connectivity index (χ0) is 31.5. The van der Waals surface area contributed by atoms with Gasteiger partial charge in [0.15, 0.2) is 0 Å². The maximum absolute atomic E-state index is 14.8. The Balaban J connectivity index is 1.12. The minimum absolute atomic E-state index is 0.149. The first-order valence-electron chi connectivity index (χ1n) is 14.7. The molecule has 1 aliphatic carbocycles.